The lowest BCUT2D eigenvalue weighted by Crippen LogP contribution is -2.29. The number of rotatable bonds is 9. The van der Waals surface area contributed by atoms with Crippen LogP contribution in [0.2, 0.25) is 0 Å². The molecule has 0 amide bonds. The van der Waals surface area contributed by atoms with Crippen LogP contribution in [0.4, 0.5) is 0 Å². The third-order valence-electron chi connectivity index (χ3n) is 11.5. The molecule has 0 saturated carbocycles. The SMILES string of the molecule is CCc1ccc(C2(c3ccc(Cc4ccc(C(=O)c5ccc(C)cc5)cc4)c(-c4ccccc4)c3)c3ccccc3-c3ccccc32)cc1-c1ccccc1. The predicted molar refractivity (Wildman–Crippen MR) is 228 cm³/mol. The Morgan fingerprint density at radius 1 is 0.455 bits per heavy atom. The molecule has 0 bridgehead atoms. The molecular weight excluding hydrogens is 665 g/mol. The van der Waals surface area contributed by atoms with Crippen molar-refractivity contribution < 1.29 is 4.79 Å². The second-order valence-corrected chi connectivity index (χ2v) is 14.7. The molecule has 0 N–H and O–H groups in total. The molecule has 55 heavy (non-hydrogen) atoms. The lowest BCUT2D eigenvalue weighted by Gasteiger charge is -2.35. The molecule has 8 aromatic carbocycles. The second kappa shape index (κ2) is 14.3. The van der Waals surface area contributed by atoms with E-state index in [9.17, 15) is 4.79 Å². The van der Waals surface area contributed by atoms with Crippen LogP contribution in [0.3, 0.4) is 0 Å². The highest BCUT2D eigenvalue weighted by Gasteiger charge is 2.46. The molecule has 264 valence electrons. The minimum absolute atomic E-state index is 0.0469. The van der Waals surface area contributed by atoms with Crippen LogP contribution >= 0.6 is 0 Å². The summed E-state index contributed by atoms with van der Waals surface area (Å²) in [4.78, 5) is 13.3. The van der Waals surface area contributed by atoms with E-state index in [1.165, 1.54) is 72.3 Å². The zero-order valence-corrected chi connectivity index (χ0v) is 31.3. The predicted octanol–water partition coefficient (Wildman–Crippen LogP) is 13.1. The normalized spacial score (nSPS) is 12.5. The molecule has 1 nitrogen and oxygen atoms in total. The number of carbonyl (C=O) groups is 1. The number of hydrogen-bond donors (Lipinski definition) is 0. The average Bonchev–Trinajstić information content (AvgIpc) is 3.55. The Morgan fingerprint density at radius 2 is 0.909 bits per heavy atom. The summed E-state index contributed by atoms with van der Waals surface area (Å²) in [6.07, 6.45) is 1.70. The summed E-state index contributed by atoms with van der Waals surface area (Å²) in [6.45, 7) is 4.29. The summed E-state index contributed by atoms with van der Waals surface area (Å²) in [6, 6.07) is 69.9. The van der Waals surface area contributed by atoms with Crippen molar-refractivity contribution >= 4 is 5.78 Å². The minimum atomic E-state index is -0.539. The van der Waals surface area contributed by atoms with E-state index in [2.05, 4.69) is 165 Å². The zero-order valence-electron chi connectivity index (χ0n) is 31.3. The zero-order chi connectivity index (χ0) is 37.4. The molecule has 9 rings (SSSR count). The Bertz CT molecular complexity index is 2600. The van der Waals surface area contributed by atoms with Gasteiger partial charge in [-0.05, 0) is 104 Å². The number of fused-ring (bicyclic) bond motifs is 3. The molecule has 0 aromatic heterocycles. The summed E-state index contributed by atoms with van der Waals surface area (Å²) in [7, 11) is 0. The van der Waals surface area contributed by atoms with Crippen LogP contribution in [0.1, 0.15) is 67.4 Å². The topological polar surface area (TPSA) is 17.1 Å². The largest absolute Gasteiger partial charge is 0.289 e. The van der Waals surface area contributed by atoms with Gasteiger partial charge < -0.3 is 0 Å². The van der Waals surface area contributed by atoms with Crippen molar-refractivity contribution in [1.29, 1.82) is 0 Å². The third-order valence-corrected chi connectivity index (χ3v) is 11.5. The summed E-state index contributed by atoms with van der Waals surface area (Å²) < 4.78 is 0. The Hall–Kier alpha value is -6.57. The molecule has 0 heterocycles. The Morgan fingerprint density at radius 3 is 1.44 bits per heavy atom. The number of aryl methyl sites for hydroxylation is 2. The molecular formula is C54H42O. The van der Waals surface area contributed by atoms with E-state index in [1.807, 2.05) is 43.3 Å². The summed E-state index contributed by atoms with van der Waals surface area (Å²) in [5.74, 6) is 0.0469. The van der Waals surface area contributed by atoms with E-state index in [0.717, 1.165) is 18.4 Å². The van der Waals surface area contributed by atoms with E-state index in [0.29, 0.717) is 11.1 Å². The lowest BCUT2D eigenvalue weighted by molar-refractivity contribution is 0.103. The summed E-state index contributed by atoms with van der Waals surface area (Å²) in [5, 5.41) is 0. The maximum absolute atomic E-state index is 13.3. The van der Waals surface area contributed by atoms with Gasteiger partial charge in [0, 0.05) is 11.1 Å². The Kier molecular flexibility index (Phi) is 8.92. The monoisotopic (exact) mass is 706 g/mol. The molecule has 8 aromatic rings. The van der Waals surface area contributed by atoms with Gasteiger partial charge in [0.15, 0.2) is 5.78 Å². The van der Waals surface area contributed by atoms with E-state index in [1.54, 1.807) is 0 Å². The van der Waals surface area contributed by atoms with Gasteiger partial charge in [-0.25, -0.2) is 0 Å². The maximum Gasteiger partial charge on any atom is 0.193 e. The molecule has 1 heteroatoms. The average molecular weight is 707 g/mol. The first-order valence-corrected chi connectivity index (χ1v) is 19.3. The van der Waals surface area contributed by atoms with E-state index in [-0.39, 0.29) is 5.78 Å². The summed E-state index contributed by atoms with van der Waals surface area (Å²) >= 11 is 0. The fourth-order valence-electron chi connectivity index (χ4n) is 8.74. The van der Waals surface area contributed by atoms with Gasteiger partial charge in [0.1, 0.15) is 0 Å². The molecule has 0 atom stereocenters. The Labute approximate surface area is 324 Å². The van der Waals surface area contributed by atoms with Crippen LogP contribution in [-0.2, 0) is 18.3 Å². The highest BCUT2D eigenvalue weighted by Crippen LogP contribution is 2.57. The molecule has 0 radical (unpaired) electrons. The van der Waals surface area contributed by atoms with Gasteiger partial charge in [-0.15, -0.1) is 0 Å². The van der Waals surface area contributed by atoms with Crippen molar-refractivity contribution in [3.05, 3.63) is 250 Å². The van der Waals surface area contributed by atoms with Gasteiger partial charge in [0.25, 0.3) is 0 Å². The molecule has 0 fully saturated rings. The molecule has 0 aliphatic heterocycles. The highest BCUT2D eigenvalue weighted by molar-refractivity contribution is 6.09. The van der Waals surface area contributed by atoms with Crippen molar-refractivity contribution in [2.24, 2.45) is 0 Å². The lowest BCUT2D eigenvalue weighted by atomic mass is 9.66. The first kappa shape index (κ1) is 34.2. The highest BCUT2D eigenvalue weighted by atomic mass is 16.1. The fourth-order valence-corrected chi connectivity index (χ4v) is 8.74. The van der Waals surface area contributed by atoms with Crippen LogP contribution in [0, 0.1) is 6.92 Å². The molecule has 0 spiro atoms. The number of carbonyl (C=O) groups excluding carboxylic acids is 1. The number of hydrogen-bond acceptors (Lipinski definition) is 1. The first-order chi connectivity index (χ1) is 27.0. The maximum atomic E-state index is 13.3. The van der Waals surface area contributed by atoms with Crippen molar-refractivity contribution in [3.63, 3.8) is 0 Å². The Balaban J connectivity index is 1.22. The minimum Gasteiger partial charge on any atom is -0.289 e. The quantitative estimate of drug-likeness (QED) is 0.137. The number of ketones is 1. The van der Waals surface area contributed by atoms with Gasteiger partial charge in [0.05, 0.1) is 5.41 Å². The molecule has 1 aliphatic rings. The van der Waals surface area contributed by atoms with Gasteiger partial charge in [-0.1, -0.05) is 194 Å². The fraction of sp³-hybridized carbons (Fsp3) is 0.0926. The van der Waals surface area contributed by atoms with Crippen LogP contribution in [0.5, 0.6) is 0 Å². The van der Waals surface area contributed by atoms with Crippen molar-refractivity contribution in [1.82, 2.24) is 0 Å². The molecule has 1 aliphatic carbocycles. The van der Waals surface area contributed by atoms with Gasteiger partial charge in [-0.2, -0.15) is 0 Å². The summed E-state index contributed by atoms with van der Waals surface area (Å²) in [5.41, 5.74) is 18.4. The van der Waals surface area contributed by atoms with Crippen LogP contribution < -0.4 is 0 Å². The van der Waals surface area contributed by atoms with Gasteiger partial charge in [-0.3, -0.25) is 4.79 Å². The second-order valence-electron chi connectivity index (χ2n) is 14.7. The van der Waals surface area contributed by atoms with Gasteiger partial charge in [0.2, 0.25) is 0 Å². The molecule has 0 saturated heterocycles. The van der Waals surface area contributed by atoms with Crippen molar-refractivity contribution in [2.75, 3.05) is 0 Å². The van der Waals surface area contributed by atoms with Crippen LogP contribution in [0.25, 0.3) is 33.4 Å². The van der Waals surface area contributed by atoms with Gasteiger partial charge >= 0.3 is 0 Å². The van der Waals surface area contributed by atoms with E-state index >= 15 is 0 Å². The molecule has 0 unspecified atom stereocenters. The van der Waals surface area contributed by atoms with E-state index in [4.69, 9.17) is 0 Å². The number of benzene rings is 8. The van der Waals surface area contributed by atoms with Crippen LogP contribution in [0.15, 0.2) is 194 Å². The third kappa shape index (κ3) is 6.03. The van der Waals surface area contributed by atoms with Crippen molar-refractivity contribution in [3.8, 4) is 33.4 Å². The first-order valence-electron chi connectivity index (χ1n) is 19.3. The smallest absolute Gasteiger partial charge is 0.193 e. The van der Waals surface area contributed by atoms with Crippen molar-refractivity contribution in [2.45, 2.75) is 32.1 Å². The standard InChI is InChI=1S/C54H42O/c1-3-39-30-32-45(35-49(39)40-14-6-4-7-15-40)54(51-20-12-10-18-47(51)48-19-11-13-21-52(48)54)46-33-31-44(50(36-46)41-16-8-5-9-17-41)34-38-24-28-43(29-25-38)53(55)42-26-22-37(2)23-27-42/h4-33,35-36H,3,34H2,1-2H3. The van der Waals surface area contributed by atoms with Crippen LogP contribution in [-0.4, -0.2) is 5.78 Å². The van der Waals surface area contributed by atoms with E-state index < -0.39 is 5.41 Å².